The van der Waals surface area contributed by atoms with E-state index in [-0.39, 0.29) is 0 Å². The fourth-order valence-electron chi connectivity index (χ4n) is 2.17. The van der Waals surface area contributed by atoms with Crippen LogP contribution >= 0.6 is 23.1 Å². The van der Waals surface area contributed by atoms with Crippen LogP contribution in [0.3, 0.4) is 0 Å². The summed E-state index contributed by atoms with van der Waals surface area (Å²) in [4.78, 5) is 10.2. The van der Waals surface area contributed by atoms with Gasteiger partial charge in [0.05, 0.1) is 10.7 Å². The Morgan fingerprint density at radius 3 is 2.75 bits per heavy atom. The lowest BCUT2D eigenvalue weighted by Crippen LogP contribution is -2.40. The van der Waals surface area contributed by atoms with Crippen molar-refractivity contribution < 1.29 is 0 Å². The van der Waals surface area contributed by atoms with E-state index in [1.807, 2.05) is 24.9 Å². The van der Waals surface area contributed by atoms with Crippen LogP contribution in [0.15, 0.2) is 45.6 Å². The van der Waals surface area contributed by atoms with Crippen LogP contribution in [-0.4, -0.2) is 36.3 Å². The molecule has 2 N–H and O–H groups in total. The van der Waals surface area contributed by atoms with E-state index in [0.29, 0.717) is 5.25 Å². The first-order valence-corrected chi connectivity index (χ1v) is 10.1. The van der Waals surface area contributed by atoms with Gasteiger partial charge in [-0.25, -0.2) is 4.98 Å². The number of aryl methyl sites for hydroxylation is 1. The zero-order chi connectivity index (χ0) is 17.2. The number of hydrogen-bond acceptors (Lipinski definition) is 4. The Hall–Kier alpha value is -1.53. The maximum absolute atomic E-state index is 4.59. The molecule has 4 nitrogen and oxygen atoms in total. The van der Waals surface area contributed by atoms with E-state index in [1.165, 1.54) is 9.90 Å². The molecule has 0 radical (unpaired) electrons. The van der Waals surface area contributed by atoms with Crippen LogP contribution in [0.4, 0.5) is 0 Å². The molecule has 0 spiro atoms. The van der Waals surface area contributed by atoms with Crippen LogP contribution in [0.1, 0.15) is 24.5 Å². The van der Waals surface area contributed by atoms with E-state index < -0.39 is 0 Å². The standard InChI is InChI=1S/C18H26N4S2/c1-4-17-22-15(13-23-17)10-11-20-18(19-3)21-12-14(2)24-16-8-6-5-7-9-16/h5-9,13-14H,4,10-12H2,1-3H3,(H2,19,20,21). The Morgan fingerprint density at radius 1 is 1.29 bits per heavy atom. The van der Waals surface area contributed by atoms with E-state index in [2.05, 4.69) is 64.1 Å². The number of aromatic nitrogens is 1. The Morgan fingerprint density at radius 2 is 2.08 bits per heavy atom. The maximum Gasteiger partial charge on any atom is 0.191 e. The Kier molecular flexibility index (Phi) is 8.12. The highest BCUT2D eigenvalue weighted by Gasteiger charge is 2.06. The molecule has 0 fully saturated rings. The van der Waals surface area contributed by atoms with Crippen molar-refractivity contribution in [1.29, 1.82) is 0 Å². The normalized spacial score (nSPS) is 12.9. The molecular weight excluding hydrogens is 336 g/mol. The number of hydrogen-bond donors (Lipinski definition) is 2. The highest BCUT2D eigenvalue weighted by Crippen LogP contribution is 2.21. The van der Waals surface area contributed by atoms with Crippen molar-refractivity contribution in [3.63, 3.8) is 0 Å². The van der Waals surface area contributed by atoms with Crippen molar-refractivity contribution in [3.8, 4) is 0 Å². The number of guanidine groups is 1. The summed E-state index contributed by atoms with van der Waals surface area (Å²) in [5.74, 6) is 0.849. The topological polar surface area (TPSA) is 49.3 Å². The molecule has 1 aromatic carbocycles. The van der Waals surface area contributed by atoms with Gasteiger partial charge < -0.3 is 10.6 Å². The van der Waals surface area contributed by atoms with Gasteiger partial charge in [-0.2, -0.15) is 0 Å². The van der Waals surface area contributed by atoms with Gasteiger partial charge in [-0.1, -0.05) is 32.0 Å². The lowest BCUT2D eigenvalue weighted by atomic mass is 10.3. The quantitative estimate of drug-likeness (QED) is 0.428. The summed E-state index contributed by atoms with van der Waals surface area (Å²) in [5, 5.41) is 10.6. The van der Waals surface area contributed by atoms with Crippen molar-refractivity contribution in [2.24, 2.45) is 4.99 Å². The summed E-state index contributed by atoms with van der Waals surface area (Å²) >= 11 is 3.61. The van der Waals surface area contributed by atoms with Crippen LogP contribution in [0, 0.1) is 0 Å². The Balaban J connectivity index is 1.68. The van der Waals surface area contributed by atoms with E-state index in [4.69, 9.17) is 0 Å². The number of rotatable bonds is 8. The second-order valence-electron chi connectivity index (χ2n) is 5.46. The summed E-state index contributed by atoms with van der Waals surface area (Å²) < 4.78 is 0. The minimum atomic E-state index is 0.469. The second-order valence-corrected chi connectivity index (χ2v) is 7.91. The van der Waals surface area contributed by atoms with Gasteiger partial charge >= 0.3 is 0 Å². The zero-order valence-electron chi connectivity index (χ0n) is 14.6. The van der Waals surface area contributed by atoms with Gasteiger partial charge in [0.2, 0.25) is 0 Å². The minimum absolute atomic E-state index is 0.469. The molecule has 1 aromatic heterocycles. The second kappa shape index (κ2) is 10.4. The molecule has 0 aliphatic rings. The fourth-order valence-corrected chi connectivity index (χ4v) is 3.89. The summed E-state index contributed by atoms with van der Waals surface area (Å²) in [7, 11) is 1.81. The lowest BCUT2D eigenvalue weighted by Gasteiger charge is -2.15. The van der Waals surface area contributed by atoms with Crippen LogP contribution in [0.2, 0.25) is 0 Å². The van der Waals surface area contributed by atoms with Gasteiger partial charge in [0.15, 0.2) is 5.96 Å². The number of nitrogens with zero attached hydrogens (tertiary/aromatic N) is 2. The molecule has 2 rings (SSSR count). The summed E-state index contributed by atoms with van der Waals surface area (Å²) in [6, 6.07) is 10.5. The van der Waals surface area contributed by atoms with Crippen LogP contribution in [0.5, 0.6) is 0 Å². The molecule has 1 atom stereocenters. The number of nitrogens with one attached hydrogen (secondary N) is 2. The van der Waals surface area contributed by atoms with Crippen molar-refractivity contribution in [3.05, 3.63) is 46.4 Å². The molecule has 0 saturated heterocycles. The zero-order valence-corrected chi connectivity index (χ0v) is 16.2. The first-order chi connectivity index (χ1) is 11.7. The van der Waals surface area contributed by atoms with Gasteiger partial charge in [-0.05, 0) is 18.6 Å². The smallest absolute Gasteiger partial charge is 0.191 e. The van der Waals surface area contributed by atoms with Crippen LogP contribution in [0.25, 0.3) is 0 Å². The van der Waals surface area contributed by atoms with Gasteiger partial charge in [0, 0.05) is 42.1 Å². The molecule has 130 valence electrons. The highest BCUT2D eigenvalue weighted by molar-refractivity contribution is 8.00. The van der Waals surface area contributed by atoms with Crippen LogP contribution in [-0.2, 0) is 12.8 Å². The molecule has 24 heavy (non-hydrogen) atoms. The van der Waals surface area contributed by atoms with Gasteiger partial charge in [-0.3, -0.25) is 4.99 Å². The summed E-state index contributed by atoms with van der Waals surface area (Å²) in [6.07, 6.45) is 1.93. The average Bonchev–Trinajstić information content (AvgIpc) is 3.07. The average molecular weight is 363 g/mol. The Bertz CT molecular complexity index is 625. The third kappa shape index (κ3) is 6.53. The maximum atomic E-state index is 4.59. The molecule has 0 aliphatic carbocycles. The van der Waals surface area contributed by atoms with E-state index in [1.54, 1.807) is 11.3 Å². The first-order valence-electron chi connectivity index (χ1n) is 8.30. The molecule has 2 aromatic rings. The number of thioether (sulfide) groups is 1. The van der Waals surface area contributed by atoms with Gasteiger partial charge in [-0.15, -0.1) is 23.1 Å². The molecule has 0 amide bonds. The van der Waals surface area contributed by atoms with Crippen molar-refractivity contribution in [2.75, 3.05) is 20.1 Å². The summed E-state index contributed by atoms with van der Waals surface area (Å²) in [6.45, 7) is 6.07. The third-order valence-electron chi connectivity index (χ3n) is 3.44. The number of benzene rings is 1. The molecule has 6 heteroatoms. The predicted octanol–water partition coefficient (Wildman–Crippen LogP) is 3.59. The van der Waals surface area contributed by atoms with Gasteiger partial charge in [0.1, 0.15) is 0 Å². The number of aliphatic imine (C=N–C) groups is 1. The van der Waals surface area contributed by atoms with Crippen molar-refractivity contribution >= 4 is 29.1 Å². The largest absolute Gasteiger partial charge is 0.356 e. The third-order valence-corrected chi connectivity index (χ3v) is 5.59. The predicted molar refractivity (Wildman–Crippen MR) is 106 cm³/mol. The Labute approximate surface area is 153 Å². The molecule has 0 bridgehead atoms. The molecule has 0 aliphatic heterocycles. The summed E-state index contributed by atoms with van der Waals surface area (Å²) in [5.41, 5.74) is 1.16. The SMILES string of the molecule is CCc1nc(CCNC(=NC)NCC(C)Sc2ccccc2)cs1. The molecular formula is C18H26N4S2. The highest BCUT2D eigenvalue weighted by atomic mass is 32.2. The molecule has 0 saturated carbocycles. The van der Waals surface area contributed by atoms with E-state index in [9.17, 15) is 0 Å². The lowest BCUT2D eigenvalue weighted by molar-refractivity contribution is 0.773. The fraction of sp³-hybridized carbons (Fsp3) is 0.444. The monoisotopic (exact) mass is 362 g/mol. The van der Waals surface area contributed by atoms with Gasteiger partial charge in [0.25, 0.3) is 0 Å². The van der Waals surface area contributed by atoms with E-state index in [0.717, 1.165) is 37.6 Å². The van der Waals surface area contributed by atoms with Crippen molar-refractivity contribution in [2.45, 2.75) is 36.8 Å². The first kappa shape index (κ1) is 18.8. The minimum Gasteiger partial charge on any atom is -0.356 e. The number of thiazole rings is 1. The molecule has 1 heterocycles. The van der Waals surface area contributed by atoms with Crippen LogP contribution < -0.4 is 10.6 Å². The van der Waals surface area contributed by atoms with E-state index >= 15 is 0 Å². The molecule has 1 unspecified atom stereocenters. The van der Waals surface area contributed by atoms with Crippen molar-refractivity contribution in [1.82, 2.24) is 15.6 Å².